The SMILES string of the molecule is Cc1ccc(CSCCNC(=O)c2sc(-c3ccccn3)nc2C)cc1. The van der Waals surface area contributed by atoms with Crippen molar-refractivity contribution in [2.24, 2.45) is 0 Å². The summed E-state index contributed by atoms with van der Waals surface area (Å²) in [7, 11) is 0. The zero-order valence-corrected chi connectivity index (χ0v) is 16.5. The van der Waals surface area contributed by atoms with Crippen molar-refractivity contribution < 1.29 is 4.79 Å². The summed E-state index contributed by atoms with van der Waals surface area (Å²) < 4.78 is 0. The van der Waals surface area contributed by atoms with Crippen LogP contribution in [-0.4, -0.2) is 28.2 Å². The molecular formula is C20H21N3OS2. The Morgan fingerprint density at radius 1 is 1.15 bits per heavy atom. The molecule has 0 aliphatic heterocycles. The van der Waals surface area contributed by atoms with Crippen LogP contribution in [0.2, 0.25) is 0 Å². The molecule has 1 aromatic carbocycles. The van der Waals surface area contributed by atoms with E-state index in [1.807, 2.05) is 36.9 Å². The minimum Gasteiger partial charge on any atom is -0.350 e. The van der Waals surface area contributed by atoms with Crippen molar-refractivity contribution >= 4 is 29.0 Å². The van der Waals surface area contributed by atoms with Crippen LogP contribution in [0.5, 0.6) is 0 Å². The third-order valence-electron chi connectivity index (χ3n) is 3.81. The van der Waals surface area contributed by atoms with E-state index in [9.17, 15) is 4.79 Å². The van der Waals surface area contributed by atoms with Crippen LogP contribution in [-0.2, 0) is 5.75 Å². The molecule has 6 heteroatoms. The molecule has 0 atom stereocenters. The van der Waals surface area contributed by atoms with Crippen LogP contribution in [0, 0.1) is 13.8 Å². The van der Waals surface area contributed by atoms with Crippen LogP contribution in [0.3, 0.4) is 0 Å². The van der Waals surface area contributed by atoms with Crippen LogP contribution in [0.1, 0.15) is 26.5 Å². The standard InChI is InChI=1S/C20H21N3OS2/c1-14-6-8-16(9-7-14)13-25-12-11-22-19(24)18-15(2)23-20(26-18)17-5-3-4-10-21-17/h3-10H,11-13H2,1-2H3,(H,22,24). The summed E-state index contributed by atoms with van der Waals surface area (Å²) in [6, 6.07) is 14.3. The third kappa shape index (κ3) is 4.93. The number of thiazole rings is 1. The largest absolute Gasteiger partial charge is 0.350 e. The molecule has 0 unspecified atom stereocenters. The third-order valence-corrected chi connectivity index (χ3v) is 6.02. The summed E-state index contributed by atoms with van der Waals surface area (Å²) in [4.78, 5) is 21.9. The number of hydrogen-bond donors (Lipinski definition) is 1. The Morgan fingerprint density at radius 3 is 2.69 bits per heavy atom. The number of carbonyl (C=O) groups is 1. The Kier molecular flexibility index (Phi) is 6.41. The smallest absolute Gasteiger partial charge is 0.263 e. The fraction of sp³-hybridized carbons (Fsp3) is 0.250. The van der Waals surface area contributed by atoms with Gasteiger partial charge in [-0.25, -0.2) is 4.98 Å². The van der Waals surface area contributed by atoms with Crippen molar-refractivity contribution in [2.75, 3.05) is 12.3 Å². The van der Waals surface area contributed by atoms with Gasteiger partial charge in [0.15, 0.2) is 0 Å². The Labute approximate surface area is 162 Å². The van der Waals surface area contributed by atoms with E-state index < -0.39 is 0 Å². The zero-order chi connectivity index (χ0) is 18.4. The molecule has 4 nitrogen and oxygen atoms in total. The van der Waals surface area contributed by atoms with Crippen molar-refractivity contribution in [1.29, 1.82) is 0 Å². The number of aryl methyl sites for hydroxylation is 2. The van der Waals surface area contributed by atoms with Gasteiger partial charge in [0, 0.05) is 24.2 Å². The molecule has 0 fully saturated rings. The highest BCUT2D eigenvalue weighted by Gasteiger charge is 2.16. The van der Waals surface area contributed by atoms with Gasteiger partial charge in [0.05, 0.1) is 11.4 Å². The maximum absolute atomic E-state index is 12.4. The molecule has 0 aliphatic carbocycles. The minimum absolute atomic E-state index is 0.0573. The molecule has 3 rings (SSSR count). The number of amides is 1. The molecule has 2 heterocycles. The fourth-order valence-electron chi connectivity index (χ4n) is 2.40. The van der Waals surface area contributed by atoms with Crippen LogP contribution in [0.4, 0.5) is 0 Å². The predicted molar refractivity (Wildman–Crippen MR) is 110 cm³/mol. The number of pyridine rings is 1. The highest BCUT2D eigenvalue weighted by molar-refractivity contribution is 7.98. The molecule has 0 aliphatic rings. The normalized spacial score (nSPS) is 10.7. The number of rotatable bonds is 7. The van der Waals surface area contributed by atoms with E-state index in [-0.39, 0.29) is 5.91 Å². The first-order valence-electron chi connectivity index (χ1n) is 8.44. The van der Waals surface area contributed by atoms with Gasteiger partial charge in [-0.1, -0.05) is 35.9 Å². The van der Waals surface area contributed by atoms with Gasteiger partial charge < -0.3 is 5.32 Å². The van der Waals surface area contributed by atoms with E-state index >= 15 is 0 Å². The predicted octanol–water partition coefficient (Wildman–Crippen LogP) is 4.49. The Hall–Kier alpha value is -2.18. The molecule has 0 spiro atoms. The van der Waals surface area contributed by atoms with E-state index in [0.29, 0.717) is 11.4 Å². The molecule has 3 aromatic rings. The highest BCUT2D eigenvalue weighted by atomic mass is 32.2. The number of hydrogen-bond acceptors (Lipinski definition) is 5. The summed E-state index contributed by atoms with van der Waals surface area (Å²) in [5, 5.41) is 3.77. The molecular weight excluding hydrogens is 362 g/mol. The first kappa shape index (κ1) is 18.6. The van der Waals surface area contributed by atoms with Gasteiger partial charge in [-0.2, -0.15) is 11.8 Å². The van der Waals surface area contributed by atoms with Gasteiger partial charge in [-0.3, -0.25) is 9.78 Å². The molecule has 0 saturated heterocycles. The van der Waals surface area contributed by atoms with E-state index in [1.165, 1.54) is 22.5 Å². The average molecular weight is 384 g/mol. The van der Waals surface area contributed by atoms with Gasteiger partial charge in [0.2, 0.25) is 0 Å². The van der Waals surface area contributed by atoms with Crippen molar-refractivity contribution in [3.05, 3.63) is 70.4 Å². The van der Waals surface area contributed by atoms with Crippen molar-refractivity contribution in [1.82, 2.24) is 15.3 Å². The van der Waals surface area contributed by atoms with E-state index in [4.69, 9.17) is 0 Å². The number of thioether (sulfide) groups is 1. The minimum atomic E-state index is -0.0573. The number of carbonyl (C=O) groups excluding carboxylic acids is 1. The van der Waals surface area contributed by atoms with Crippen LogP contribution in [0.15, 0.2) is 48.7 Å². The molecule has 1 amide bonds. The second kappa shape index (κ2) is 8.96. The van der Waals surface area contributed by atoms with Crippen molar-refractivity contribution in [3.63, 3.8) is 0 Å². The first-order chi connectivity index (χ1) is 12.6. The second-order valence-corrected chi connectivity index (χ2v) is 8.05. The topological polar surface area (TPSA) is 54.9 Å². The van der Waals surface area contributed by atoms with E-state index in [0.717, 1.165) is 27.9 Å². The second-order valence-electron chi connectivity index (χ2n) is 5.94. The van der Waals surface area contributed by atoms with Gasteiger partial charge in [0.25, 0.3) is 5.91 Å². The van der Waals surface area contributed by atoms with Gasteiger partial charge >= 0.3 is 0 Å². The first-order valence-corrected chi connectivity index (χ1v) is 10.4. The molecule has 26 heavy (non-hydrogen) atoms. The maximum Gasteiger partial charge on any atom is 0.263 e. The lowest BCUT2D eigenvalue weighted by Crippen LogP contribution is -2.25. The quantitative estimate of drug-likeness (QED) is 0.611. The summed E-state index contributed by atoms with van der Waals surface area (Å²) >= 11 is 3.21. The molecule has 134 valence electrons. The van der Waals surface area contributed by atoms with Gasteiger partial charge in [-0.05, 0) is 31.5 Å². The number of nitrogens with zero attached hydrogens (tertiary/aromatic N) is 2. The molecule has 2 aromatic heterocycles. The molecule has 1 N–H and O–H groups in total. The van der Waals surface area contributed by atoms with Gasteiger partial charge in [0.1, 0.15) is 9.88 Å². The molecule has 0 radical (unpaired) electrons. The number of benzene rings is 1. The Morgan fingerprint density at radius 2 is 1.96 bits per heavy atom. The Balaban J connectivity index is 1.48. The van der Waals surface area contributed by atoms with E-state index in [1.54, 1.807) is 6.20 Å². The summed E-state index contributed by atoms with van der Waals surface area (Å²) in [5.41, 5.74) is 4.13. The monoisotopic (exact) mass is 383 g/mol. The lowest BCUT2D eigenvalue weighted by Gasteiger charge is -2.05. The van der Waals surface area contributed by atoms with Crippen molar-refractivity contribution in [2.45, 2.75) is 19.6 Å². The average Bonchev–Trinajstić information content (AvgIpc) is 3.05. The molecule has 0 bridgehead atoms. The lowest BCUT2D eigenvalue weighted by atomic mass is 10.2. The maximum atomic E-state index is 12.4. The number of nitrogens with one attached hydrogen (secondary N) is 1. The molecule has 0 saturated carbocycles. The Bertz CT molecular complexity index is 861. The van der Waals surface area contributed by atoms with E-state index in [2.05, 4.69) is 46.5 Å². The zero-order valence-electron chi connectivity index (χ0n) is 14.9. The highest BCUT2D eigenvalue weighted by Crippen LogP contribution is 2.26. The van der Waals surface area contributed by atoms with Gasteiger partial charge in [-0.15, -0.1) is 11.3 Å². The van der Waals surface area contributed by atoms with Crippen LogP contribution < -0.4 is 5.32 Å². The summed E-state index contributed by atoms with van der Waals surface area (Å²) in [6.45, 7) is 4.60. The lowest BCUT2D eigenvalue weighted by molar-refractivity contribution is 0.0959. The summed E-state index contributed by atoms with van der Waals surface area (Å²) in [6.07, 6.45) is 1.73. The summed E-state index contributed by atoms with van der Waals surface area (Å²) in [5.74, 6) is 1.78. The van der Waals surface area contributed by atoms with Crippen LogP contribution in [0.25, 0.3) is 10.7 Å². The van der Waals surface area contributed by atoms with Crippen LogP contribution >= 0.6 is 23.1 Å². The fourth-order valence-corrected chi connectivity index (χ4v) is 4.18. The number of aromatic nitrogens is 2. The van der Waals surface area contributed by atoms with Crippen molar-refractivity contribution in [3.8, 4) is 10.7 Å².